The van der Waals surface area contributed by atoms with Crippen LogP contribution in [-0.2, 0) is 33.0 Å². The quantitative estimate of drug-likeness (QED) is 0.118. The van der Waals surface area contributed by atoms with Gasteiger partial charge in [-0.15, -0.1) is 0 Å². The molecule has 1 saturated heterocycles. The predicted octanol–water partition coefficient (Wildman–Crippen LogP) is 7.77. The van der Waals surface area contributed by atoms with E-state index in [0.717, 1.165) is 22.1 Å². The van der Waals surface area contributed by atoms with E-state index in [2.05, 4.69) is 37.5 Å². The van der Waals surface area contributed by atoms with Gasteiger partial charge in [-0.2, -0.15) is 0 Å². The summed E-state index contributed by atoms with van der Waals surface area (Å²) < 4.78 is 12.7. The van der Waals surface area contributed by atoms with Crippen molar-refractivity contribution in [2.24, 2.45) is 5.92 Å². The molecule has 0 unspecified atom stereocenters. The minimum absolute atomic E-state index is 0.0372. The number of nitrogens with one attached hydrogen (secondary N) is 1. The van der Waals surface area contributed by atoms with Crippen LogP contribution in [0.25, 0.3) is 0 Å². The Kier molecular flexibility index (Phi) is 11.7. The number of amides is 3. The van der Waals surface area contributed by atoms with E-state index in [1.165, 1.54) is 0 Å². The molecule has 3 amide bonds. The Morgan fingerprint density at radius 1 is 0.912 bits per heavy atom. The Morgan fingerprint density at radius 2 is 1.58 bits per heavy atom. The van der Waals surface area contributed by atoms with Gasteiger partial charge in [0.1, 0.15) is 5.75 Å². The van der Waals surface area contributed by atoms with Crippen molar-refractivity contribution in [3.63, 3.8) is 0 Å². The van der Waals surface area contributed by atoms with Crippen LogP contribution in [-0.4, -0.2) is 62.2 Å². The number of benzene rings is 5. The van der Waals surface area contributed by atoms with E-state index in [1.54, 1.807) is 35.1 Å². The lowest BCUT2D eigenvalue weighted by atomic mass is 9.82. The van der Waals surface area contributed by atoms with Crippen LogP contribution in [0.1, 0.15) is 40.4 Å². The molecule has 2 heterocycles. The zero-order valence-corrected chi connectivity index (χ0v) is 34.4. The molecule has 4 atom stereocenters. The van der Waals surface area contributed by atoms with E-state index in [0.29, 0.717) is 34.1 Å². The van der Waals surface area contributed by atoms with Crippen molar-refractivity contribution >= 4 is 54.0 Å². The van der Waals surface area contributed by atoms with Gasteiger partial charge < -0.3 is 29.7 Å². The zero-order chi connectivity index (χ0) is 40.3. The first-order chi connectivity index (χ1) is 27.5. The van der Waals surface area contributed by atoms with Crippen LogP contribution < -0.4 is 20.1 Å². The number of hydrogen-bond acceptors (Lipinski definition) is 6. The summed E-state index contributed by atoms with van der Waals surface area (Å²) in [5, 5.41) is 14.6. The highest BCUT2D eigenvalue weighted by Crippen LogP contribution is 2.60. The van der Waals surface area contributed by atoms with Gasteiger partial charge in [-0.25, -0.2) is 0 Å². The lowest BCUT2D eigenvalue weighted by molar-refractivity contribution is -0.150. The average molecular weight is 802 g/mol. The third-order valence-electron chi connectivity index (χ3n) is 11.7. The number of halogens is 1. The molecule has 2 N–H and O–H groups in total. The number of carbonyl (C=O) groups is 3. The molecule has 2 aliphatic heterocycles. The van der Waals surface area contributed by atoms with Crippen molar-refractivity contribution in [1.82, 2.24) is 4.90 Å². The van der Waals surface area contributed by atoms with Gasteiger partial charge in [0.15, 0.2) is 5.60 Å². The second-order valence-corrected chi connectivity index (χ2v) is 20.6. The van der Waals surface area contributed by atoms with Crippen LogP contribution in [0.15, 0.2) is 127 Å². The van der Waals surface area contributed by atoms with Crippen molar-refractivity contribution < 1.29 is 29.0 Å². The molecule has 7 rings (SSSR count). The molecule has 57 heavy (non-hydrogen) atoms. The number of carbonyl (C=O) groups excluding carboxylic acids is 3. The number of nitrogens with zero attached hydrogens (tertiary/aromatic N) is 2. The summed E-state index contributed by atoms with van der Waals surface area (Å²) in [6, 6.07) is 39.8. The second kappa shape index (κ2) is 16.7. The first-order valence-corrected chi connectivity index (χ1v) is 22.7. The number of fused-ring (bicyclic) bond motifs is 2. The highest BCUT2D eigenvalue weighted by atomic mass is 35.5. The van der Waals surface area contributed by atoms with E-state index in [1.807, 2.05) is 97.1 Å². The summed E-state index contributed by atoms with van der Waals surface area (Å²) >= 11 is 6.71. The number of aliphatic hydroxyl groups is 1. The zero-order valence-electron chi connectivity index (χ0n) is 32.7. The first kappa shape index (κ1) is 40.0. The van der Waals surface area contributed by atoms with Gasteiger partial charge in [-0.1, -0.05) is 110 Å². The van der Waals surface area contributed by atoms with Crippen LogP contribution in [0.5, 0.6) is 5.75 Å². The van der Waals surface area contributed by atoms with Crippen molar-refractivity contribution in [2.75, 3.05) is 30.5 Å². The lowest BCUT2D eigenvalue weighted by Crippen LogP contribution is -2.52. The Labute approximate surface area is 340 Å². The first-order valence-electron chi connectivity index (χ1n) is 19.3. The SMILES string of the molecule is COc1ccc([Si](C)(C)[C@H]2[C@H](CC(=O)N(CCO)Cc3ccccc3)O[C@@]3(C(=O)N(Cc4ccc(NC(=O)c5ccccc5)cc4)c4ccc(Cl)cc43)[C@@H]2C)cc1. The molecule has 2 aliphatic rings. The molecule has 294 valence electrons. The van der Waals surface area contributed by atoms with Crippen molar-refractivity contribution in [3.8, 4) is 5.75 Å². The molecule has 11 heteroatoms. The van der Waals surface area contributed by atoms with Crippen LogP contribution in [0.4, 0.5) is 11.4 Å². The maximum Gasteiger partial charge on any atom is 0.264 e. The largest absolute Gasteiger partial charge is 0.497 e. The second-order valence-electron chi connectivity index (χ2n) is 15.5. The minimum atomic E-state index is -2.54. The normalized spacial score (nSPS) is 20.1. The number of ether oxygens (including phenoxy) is 2. The molecule has 0 radical (unpaired) electrons. The van der Waals surface area contributed by atoms with E-state index in [4.69, 9.17) is 21.1 Å². The van der Waals surface area contributed by atoms with Gasteiger partial charge in [-0.3, -0.25) is 14.4 Å². The summed E-state index contributed by atoms with van der Waals surface area (Å²) in [6.45, 7) is 7.23. The molecule has 0 bridgehead atoms. The van der Waals surface area contributed by atoms with Crippen molar-refractivity contribution in [1.29, 1.82) is 0 Å². The van der Waals surface area contributed by atoms with E-state index >= 15 is 4.79 Å². The highest BCUT2D eigenvalue weighted by molar-refractivity contribution is 6.91. The standard InChI is InChI=1S/C46H48ClN3O6Si/c1-31-43(57(3,4)38-22-20-37(55-2)21-23-38)41(28-42(52)49(25-26-51)29-32-11-7-5-8-12-32)56-46(31)39-27-35(47)17-24-40(39)50(45(46)54)30-33-15-18-36(19-16-33)48-44(53)34-13-9-6-10-14-34/h5-24,27,31,41,43,51H,25-26,28-30H2,1-4H3,(H,48,53)/t31-,41+,43-,46+/m1/s1. The highest BCUT2D eigenvalue weighted by Gasteiger charge is 2.66. The molecular formula is C46H48ClN3O6Si. The minimum Gasteiger partial charge on any atom is -0.497 e. The summed E-state index contributed by atoms with van der Waals surface area (Å²) in [6.07, 6.45) is -0.577. The molecule has 5 aromatic rings. The van der Waals surface area contributed by atoms with Gasteiger partial charge in [0.2, 0.25) is 5.91 Å². The van der Waals surface area contributed by atoms with Crippen LogP contribution in [0, 0.1) is 5.92 Å². The van der Waals surface area contributed by atoms with Gasteiger partial charge >= 0.3 is 0 Å². The van der Waals surface area contributed by atoms with Gasteiger partial charge in [-0.05, 0) is 71.3 Å². The predicted molar refractivity (Wildman–Crippen MR) is 227 cm³/mol. The molecule has 1 fully saturated rings. The topological polar surface area (TPSA) is 108 Å². The fourth-order valence-corrected chi connectivity index (χ4v) is 13.0. The Hall–Kier alpha value is -5.26. The number of rotatable bonds is 13. The van der Waals surface area contributed by atoms with Gasteiger partial charge in [0.25, 0.3) is 11.8 Å². The number of anilines is 2. The van der Waals surface area contributed by atoms with Crippen LogP contribution >= 0.6 is 11.6 Å². The number of aliphatic hydroxyl groups excluding tert-OH is 1. The molecular weight excluding hydrogens is 754 g/mol. The Balaban J connectivity index is 1.23. The lowest BCUT2D eigenvalue weighted by Gasteiger charge is -2.37. The Morgan fingerprint density at radius 3 is 2.23 bits per heavy atom. The van der Waals surface area contributed by atoms with Crippen LogP contribution in [0.3, 0.4) is 0 Å². The summed E-state index contributed by atoms with van der Waals surface area (Å²) in [5.41, 5.74) is 2.83. The molecule has 0 aromatic heterocycles. The number of hydrogen-bond donors (Lipinski definition) is 2. The summed E-state index contributed by atoms with van der Waals surface area (Å²) in [7, 11) is -0.899. The number of methoxy groups -OCH3 is 1. The molecule has 0 aliphatic carbocycles. The average Bonchev–Trinajstić information content (AvgIpc) is 3.64. The van der Waals surface area contributed by atoms with Crippen molar-refractivity contribution in [3.05, 3.63) is 155 Å². The van der Waals surface area contributed by atoms with E-state index < -0.39 is 19.8 Å². The Bertz CT molecular complexity index is 2220. The fraction of sp³-hybridized carbons (Fsp3) is 0.283. The fourth-order valence-electron chi connectivity index (χ4n) is 8.83. The molecule has 9 nitrogen and oxygen atoms in total. The van der Waals surface area contributed by atoms with Crippen LogP contribution in [0.2, 0.25) is 23.7 Å². The van der Waals surface area contributed by atoms with Gasteiger partial charge in [0, 0.05) is 40.8 Å². The maximum absolute atomic E-state index is 15.3. The van der Waals surface area contributed by atoms with E-state index in [-0.39, 0.29) is 55.3 Å². The third kappa shape index (κ3) is 7.87. The smallest absolute Gasteiger partial charge is 0.264 e. The maximum atomic E-state index is 15.3. The molecule has 1 spiro atoms. The van der Waals surface area contributed by atoms with E-state index in [9.17, 15) is 14.7 Å². The van der Waals surface area contributed by atoms with Gasteiger partial charge in [0.05, 0.1) is 46.5 Å². The molecule has 5 aromatic carbocycles. The molecule has 0 saturated carbocycles. The third-order valence-corrected chi connectivity index (χ3v) is 16.3. The summed E-state index contributed by atoms with van der Waals surface area (Å²) in [5.74, 6) is -0.157. The summed E-state index contributed by atoms with van der Waals surface area (Å²) in [4.78, 5) is 45.8. The van der Waals surface area contributed by atoms with Crippen molar-refractivity contribution in [2.45, 2.75) is 56.8 Å². The monoisotopic (exact) mass is 801 g/mol.